The van der Waals surface area contributed by atoms with Crippen LogP contribution in [0.4, 0.5) is 4.39 Å². The van der Waals surface area contributed by atoms with Crippen molar-refractivity contribution in [2.45, 2.75) is 26.0 Å². The van der Waals surface area contributed by atoms with E-state index in [9.17, 15) is 4.39 Å². The molecular formula is C11H14Cl2FNO. The van der Waals surface area contributed by atoms with Gasteiger partial charge in [-0.1, -0.05) is 23.2 Å². The van der Waals surface area contributed by atoms with Crippen LogP contribution in [-0.4, -0.2) is 17.8 Å². The molecule has 0 aromatic heterocycles. The molecule has 5 heteroatoms. The van der Waals surface area contributed by atoms with Crippen molar-refractivity contribution in [1.82, 2.24) is 5.32 Å². The normalized spacial score (nSPS) is 14.9. The minimum Gasteiger partial charge on any atom is -0.392 e. The molecule has 0 radical (unpaired) electrons. The molecule has 1 aromatic carbocycles. The number of rotatable bonds is 4. The summed E-state index contributed by atoms with van der Waals surface area (Å²) in [6.45, 7) is 3.93. The zero-order chi connectivity index (χ0) is 12.3. The molecule has 0 saturated carbocycles. The van der Waals surface area contributed by atoms with Gasteiger partial charge in [0.25, 0.3) is 0 Å². The topological polar surface area (TPSA) is 32.3 Å². The van der Waals surface area contributed by atoms with E-state index in [1.54, 1.807) is 6.92 Å². The first-order valence-electron chi connectivity index (χ1n) is 4.97. The number of nitrogens with one attached hydrogen (secondary N) is 1. The molecule has 0 aliphatic heterocycles. The second-order valence-corrected chi connectivity index (χ2v) is 4.58. The Kier molecular flexibility index (Phi) is 4.99. The molecule has 2 N–H and O–H groups in total. The molecule has 1 unspecified atom stereocenters. The lowest BCUT2D eigenvalue weighted by Gasteiger charge is -2.17. The van der Waals surface area contributed by atoms with Crippen molar-refractivity contribution in [2.75, 3.05) is 6.54 Å². The Labute approximate surface area is 104 Å². The monoisotopic (exact) mass is 265 g/mol. The van der Waals surface area contributed by atoms with Crippen LogP contribution in [0.3, 0.4) is 0 Å². The van der Waals surface area contributed by atoms with E-state index >= 15 is 0 Å². The van der Waals surface area contributed by atoms with E-state index in [0.29, 0.717) is 17.1 Å². The third kappa shape index (κ3) is 3.59. The third-order valence-electron chi connectivity index (χ3n) is 2.23. The van der Waals surface area contributed by atoms with Crippen LogP contribution in [0.15, 0.2) is 12.1 Å². The van der Waals surface area contributed by atoms with Crippen molar-refractivity contribution in [3.8, 4) is 0 Å². The van der Waals surface area contributed by atoms with E-state index in [-0.39, 0.29) is 11.1 Å². The maximum atomic E-state index is 13.3. The lowest BCUT2D eigenvalue weighted by atomic mass is 10.1. The lowest BCUT2D eigenvalue weighted by molar-refractivity contribution is 0.187. The fraction of sp³-hybridized carbons (Fsp3) is 0.455. The second-order valence-electron chi connectivity index (χ2n) is 3.77. The van der Waals surface area contributed by atoms with Gasteiger partial charge in [0.2, 0.25) is 0 Å². The summed E-state index contributed by atoms with van der Waals surface area (Å²) in [6.07, 6.45) is -0.460. The van der Waals surface area contributed by atoms with Gasteiger partial charge >= 0.3 is 0 Å². The Hall–Kier alpha value is -0.350. The molecular weight excluding hydrogens is 252 g/mol. The zero-order valence-electron chi connectivity index (χ0n) is 9.10. The number of hydrogen-bond acceptors (Lipinski definition) is 2. The minimum atomic E-state index is -0.494. The molecule has 1 rings (SSSR count). The van der Waals surface area contributed by atoms with Gasteiger partial charge in [-0.2, -0.15) is 0 Å². The molecule has 2 atom stereocenters. The molecule has 0 bridgehead atoms. The predicted octanol–water partition coefficient (Wildman–Crippen LogP) is 3.16. The largest absolute Gasteiger partial charge is 0.392 e. The highest BCUT2D eigenvalue weighted by molar-refractivity contribution is 6.35. The van der Waals surface area contributed by atoms with E-state index in [1.165, 1.54) is 12.1 Å². The van der Waals surface area contributed by atoms with Crippen LogP contribution in [0.2, 0.25) is 10.0 Å². The number of aliphatic hydroxyl groups is 1. The zero-order valence-corrected chi connectivity index (χ0v) is 10.6. The van der Waals surface area contributed by atoms with Gasteiger partial charge < -0.3 is 10.4 Å². The Morgan fingerprint density at radius 2 is 1.94 bits per heavy atom. The molecule has 90 valence electrons. The Bertz CT molecular complexity index is 371. The molecule has 1 aromatic rings. The van der Waals surface area contributed by atoms with Crippen molar-refractivity contribution in [3.63, 3.8) is 0 Å². The molecule has 0 aliphatic carbocycles. The highest BCUT2D eigenvalue weighted by atomic mass is 35.5. The second kappa shape index (κ2) is 5.82. The maximum Gasteiger partial charge on any atom is 0.142 e. The van der Waals surface area contributed by atoms with E-state index in [4.69, 9.17) is 28.3 Å². The summed E-state index contributed by atoms with van der Waals surface area (Å²) >= 11 is 11.6. The molecule has 16 heavy (non-hydrogen) atoms. The Morgan fingerprint density at radius 1 is 1.31 bits per heavy atom. The van der Waals surface area contributed by atoms with Crippen LogP contribution in [0, 0.1) is 5.82 Å². The van der Waals surface area contributed by atoms with Gasteiger partial charge in [0.05, 0.1) is 11.1 Å². The van der Waals surface area contributed by atoms with E-state index in [2.05, 4.69) is 5.32 Å². The van der Waals surface area contributed by atoms with Gasteiger partial charge in [0.15, 0.2) is 0 Å². The molecule has 0 heterocycles. The van der Waals surface area contributed by atoms with E-state index in [1.807, 2.05) is 6.92 Å². The van der Waals surface area contributed by atoms with Crippen LogP contribution in [-0.2, 0) is 0 Å². The number of hydrogen-bond donors (Lipinski definition) is 2. The van der Waals surface area contributed by atoms with Gasteiger partial charge in [-0.25, -0.2) is 4.39 Å². The van der Waals surface area contributed by atoms with Gasteiger partial charge in [0.1, 0.15) is 5.82 Å². The summed E-state index contributed by atoms with van der Waals surface area (Å²) in [5.74, 6) is -0.494. The first-order valence-corrected chi connectivity index (χ1v) is 5.73. The highest BCUT2D eigenvalue weighted by Gasteiger charge is 2.13. The van der Waals surface area contributed by atoms with Crippen molar-refractivity contribution >= 4 is 23.2 Å². The number of benzene rings is 1. The molecule has 0 saturated heterocycles. The van der Waals surface area contributed by atoms with Crippen molar-refractivity contribution in [2.24, 2.45) is 0 Å². The smallest absolute Gasteiger partial charge is 0.142 e. The van der Waals surface area contributed by atoms with Gasteiger partial charge in [0, 0.05) is 17.6 Å². The standard InChI is InChI=1S/C11H14Cl2FNO/c1-6(16)5-15-7(2)8-3-11(14)10(13)4-9(8)12/h3-4,6-7,15-16H,5H2,1-2H3/t6-,7?/m0/s1. The van der Waals surface area contributed by atoms with E-state index < -0.39 is 11.9 Å². The van der Waals surface area contributed by atoms with Crippen molar-refractivity contribution < 1.29 is 9.50 Å². The first kappa shape index (κ1) is 13.7. The van der Waals surface area contributed by atoms with Crippen LogP contribution >= 0.6 is 23.2 Å². The summed E-state index contributed by atoms with van der Waals surface area (Å²) in [5, 5.41) is 12.6. The maximum absolute atomic E-state index is 13.3. The van der Waals surface area contributed by atoms with Crippen molar-refractivity contribution in [1.29, 1.82) is 0 Å². The molecule has 2 nitrogen and oxygen atoms in total. The quantitative estimate of drug-likeness (QED) is 0.820. The van der Waals surface area contributed by atoms with Gasteiger partial charge in [-0.15, -0.1) is 0 Å². The molecule has 0 aliphatic rings. The summed E-state index contributed by atoms with van der Waals surface area (Å²) in [7, 11) is 0. The van der Waals surface area contributed by atoms with Crippen LogP contribution in [0.5, 0.6) is 0 Å². The molecule has 0 amide bonds. The highest BCUT2D eigenvalue weighted by Crippen LogP contribution is 2.28. The Balaban J connectivity index is 2.82. The first-order chi connectivity index (χ1) is 7.41. The summed E-state index contributed by atoms with van der Waals surface area (Å²) in [4.78, 5) is 0. The van der Waals surface area contributed by atoms with Crippen LogP contribution < -0.4 is 5.32 Å². The van der Waals surface area contributed by atoms with E-state index in [0.717, 1.165) is 0 Å². The summed E-state index contributed by atoms with van der Waals surface area (Å²) in [6, 6.07) is 2.55. The fourth-order valence-electron chi connectivity index (χ4n) is 1.33. The van der Waals surface area contributed by atoms with Crippen LogP contribution in [0.1, 0.15) is 25.5 Å². The van der Waals surface area contributed by atoms with Crippen LogP contribution in [0.25, 0.3) is 0 Å². The average molecular weight is 266 g/mol. The molecule has 0 fully saturated rings. The average Bonchev–Trinajstić information content (AvgIpc) is 2.20. The predicted molar refractivity (Wildman–Crippen MR) is 64.5 cm³/mol. The third-order valence-corrected chi connectivity index (χ3v) is 2.84. The van der Waals surface area contributed by atoms with Gasteiger partial charge in [-0.05, 0) is 31.5 Å². The Morgan fingerprint density at radius 3 is 2.50 bits per heavy atom. The van der Waals surface area contributed by atoms with Gasteiger partial charge in [-0.3, -0.25) is 0 Å². The summed E-state index contributed by atoms with van der Waals surface area (Å²) < 4.78 is 13.3. The van der Waals surface area contributed by atoms with Crippen molar-refractivity contribution in [3.05, 3.63) is 33.6 Å². The molecule has 0 spiro atoms. The summed E-state index contributed by atoms with van der Waals surface area (Å²) in [5.41, 5.74) is 0.629. The fourth-order valence-corrected chi connectivity index (χ4v) is 1.87. The number of halogens is 3. The number of aliphatic hydroxyl groups excluding tert-OH is 1. The lowest BCUT2D eigenvalue weighted by Crippen LogP contribution is -2.27. The SMILES string of the molecule is CC(NC[C@H](C)O)c1cc(F)c(Cl)cc1Cl. The minimum absolute atomic E-state index is 0.0106.